The van der Waals surface area contributed by atoms with Gasteiger partial charge in [0, 0.05) is 17.3 Å². The third kappa shape index (κ3) is 6.83. The first-order chi connectivity index (χ1) is 17.8. The molecule has 3 atom stereocenters. The van der Waals surface area contributed by atoms with Crippen LogP contribution in [0, 0.1) is 5.92 Å². The lowest BCUT2D eigenvalue weighted by Crippen LogP contribution is -2.27. The minimum atomic E-state index is -4.81. The third-order valence-corrected chi connectivity index (χ3v) is 6.55. The van der Waals surface area contributed by atoms with Crippen molar-refractivity contribution in [3.63, 3.8) is 0 Å². The fourth-order valence-electron chi connectivity index (χ4n) is 4.17. The summed E-state index contributed by atoms with van der Waals surface area (Å²) in [6.45, 7) is -0.621. The number of alkyl halides is 4. The molecule has 0 aliphatic heterocycles. The van der Waals surface area contributed by atoms with Crippen LogP contribution in [0.15, 0.2) is 42.9 Å². The zero-order valence-electron chi connectivity index (χ0n) is 19.4. The second-order valence-electron chi connectivity index (χ2n) is 8.70. The van der Waals surface area contributed by atoms with Crippen molar-refractivity contribution < 1.29 is 35.0 Å². The number of hydrogen-bond donors (Lipinski definition) is 2. The van der Waals surface area contributed by atoms with E-state index in [4.69, 9.17) is 16.7 Å². The van der Waals surface area contributed by atoms with Gasteiger partial charge < -0.3 is 5.32 Å². The van der Waals surface area contributed by atoms with Crippen molar-refractivity contribution in [2.45, 2.75) is 37.8 Å². The maximum Gasteiger partial charge on any atom is 0.433 e. The largest absolute Gasteiger partial charge is 0.433 e. The quantitative estimate of drug-likeness (QED) is 0.292. The molecule has 0 spiro atoms. The summed E-state index contributed by atoms with van der Waals surface area (Å²) in [5.41, 5.74) is -1.44. The van der Waals surface area contributed by atoms with Gasteiger partial charge in [0.1, 0.15) is 29.7 Å². The van der Waals surface area contributed by atoms with Gasteiger partial charge in [-0.2, -0.15) is 26.7 Å². The average Bonchev–Trinajstić information content (AvgIpc) is 3.41. The van der Waals surface area contributed by atoms with Crippen LogP contribution < -0.4 is 10.5 Å². The van der Waals surface area contributed by atoms with E-state index in [1.54, 1.807) is 18.2 Å². The van der Waals surface area contributed by atoms with Gasteiger partial charge in [0.15, 0.2) is 0 Å². The molecular formula is C22H21ClF4N6O4S. The minimum Gasteiger partial charge on any atom is -0.364 e. The molecule has 204 valence electrons. The predicted octanol–water partition coefficient (Wildman–Crippen LogP) is 3.37. The monoisotopic (exact) mass is 576 g/mol. The van der Waals surface area contributed by atoms with Crippen LogP contribution in [-0.2, 0) is 27.2 Å². The first-order valence-electron chi connectivity index (χ1n) is 11.1. The number of hydrogen-bond acceptors (Lipinski definition) is 8. The topological polar surface area (TPSA) is 142 Å². The smallest absolute Gasteiger partial charge is 0.364 e. The van der Waals surface area contributed by atoms with Gasteiger partial charge in [-0.3, -0.25) is 13.7 Å². The Hall–Kier alpha value is -3.14. The van der Waals surface area contributed by atoms with Crippen LogP contribution in [0.5, 0.6) is 0 Å². The van der Waals surface area contributed by atoms with Gasteiger partial charge in [-0.15, -0.1) is 0 Å². The lowest BCUT2D eigenvalue weighted by atomic mass is 10.1. The Bertz CT molecular complexity index is 1440. The van der Waals surface area contributed by atoms with Crippen molar-refractivity contribution in [2.75, 3.05) is 11.9 Å². The van der Waals surface area contributed by atoms with Crippen LogP contribution in [-0.4, -0.2) is 52.8 Å². The lowest BCUT2D eigenvalue weighted by molar-refractivity contribution is -0.144. The highest BCUT2D eigenvalue weighted by atomic mass is 35.5. The molecule has 0 bridgehead atoms. The number of aromatic nitrogens is 4. The van der Waals surface area contributed by atoms with Gasteiger partial charge in [0.25, 0.3) is 0 Å². The summed E-state index contributed by atoms with van der Waals surface area (Å²) in [5.74, 6) is -1.51. The Morgan fingerprint density at radius 1 is 1.26 bits per heavy atom. The molecule has 2 aromatic heterocycles. The SMILES string of the molecule is NS(=O)(=O)OCC1CC(F)C(Nc2ncncc2C(=O)c2cc(C(F)(F)F)n(Cc3cccc(Cl)c3)n2)C1. The number of nitrogens with one attached hydrogen (secondary N) is 1. The maximum absolute atomic E-state index is 14.6. The summed E-state index contributed by atoms with van der Waals surface area (Å²) in [5, 5.41) is 11.8. The van der Waals surface area contributed by atoms with E-state index >= 15 is 0 Å². The number of nitrogens with two attached hydrogens (primary N) is 1. The van der Waals surface area contributed by atoms with Crippen molar-refractivity contribution in [1.82, 2.24) is 19.7 Å². The molecule has 10 nitrogen and oxygen atoms in total. The zero-order valence-corrected chi connectivity index (χ0v) is 21.0. The molecule has 3 aromatic rings. The summed E-state index contributed by atoms with van der Waals surface area (Å²) in [4.78, 5) is 21.0. The Morgan fingerprint density at radius 3 is 2.71 bits per heavy atom. The standard InChI is InChI=1S/C22H21ClF4N6O4S/c23-14-3-1-2-12(4-14)9-33-19(22(25,26)27)7-18(32-33)20(34)15-8-29-11-30-21(15)31-17-6-13(5-16(17)24)10-37-38(28,35)36/h1-4,7-8,11,13,16-17H,5-6,9-10H2,(H2,28,35,36)(H,29,30,31). The van der Waals surface area contributed by atoms with E-state index in [0.717, 1.165) is 12.5 Å². The number of ketones is 1. The van der Waals surface area contributed by atoms with Gasteiger partial charge in [0.05, 0.1) is 24.8 Å². The van der Waals surface area contributed by atoms with E-state index in [2.05, 4.69) is 24.6 Å². The van der Waals surface area contributed by atoms with E-state index in [-0.39, 0.29) is 37.4 Å². The van der Waals surface area contributed by atoms with Crippen molar-refractivity contribution in [2.24, 2.45) is 11.1 Å². The lowest BCUT2D eigenvalue weighted by Gasteiger charge is -2.17. The van der Waals surface area contributed by atoms with Gasteiger partial charge in [0.2, 0.25) is 5.78 Å². The molecule has 3 N–H and O–H groups in total. The van der Waals surface area contributed by atoms with Gasteiger partial charge in [-0.25, -0.2) is 19.5 Å². The van der Waals surface area contributed by atoms with Gasteiger partial charge in [-0.05, 0) is 36.5 Å². The molecular weight excluding hydrogens is 556 g/mol. The molecule has 1 aliphatic rings. The molecule has 0 amide bonds. The van der Waals surface area contributed by atoms with Gasteiger partial charge >= 0.3 is 16.5 Å². The Kier molecular flexibility index (Phi) is 8.01. The molecule has 2 heterocycles. The number of carbonyl (C=O) groups excluding carboxylic acids is 1. The molecule has 3 unspecified atom stereocenters. The number of rotatable bonds is 9. The first-order valence-corrected chi connectivity index (χ1v) is 13.0. The molecule has 0 saturated heterocycles. The minimum absolute atomic E-state index is 0.0373. The van der Waals surface area contributed by atoms with Crippen LogP contribution in [0.1, 0.15) is 40.2 Å². The number of anilines is 1. The van der Waals surface area contributed by atoms with Crippen molar-refractivity contribution >= 4 is 33.5 Å². The summed E-state index contributed by atoms with van der Waals surface area (Å²) in [6, 6.07) is 5.94. The van der Waals surface area contributed by atoms with Crippen LogP contribution in [0.2, 0.25) is 5.02 Å². The fraction of sp³-hybridized carbons (Fsp3) is 0.364. The molecule has 1 saturated carbocycles. The van der Waals surface area contributed by atoms with Crippen LogP contribution in [0.3, 0.4) is 0 Å². The summed E-state index contributed by atoms with van der Waals surface area (Å²) in [7, 11) is -4.19. The van der Waals surface area contributed by atoms with E-state index in [9.17, 15) is 30.8 Å². The first kappa shape index (κ1) is 27.9. The fourth-order valence-corrected chi connectivity index (χ4v) is 4.77. The van der Waals surface area contributed by atoms with Crippen LogP contribution >= 0.6 is 11.6 Å². The van der Waals surface area contributed by atoms with Gasteiger partial charge in [-0.1, -0.05) is 23.7 Å². The highest BCUT2D eigenvalue weighted by Gasteiger charge is 2.38. The van der Waals surface area contributed by atoms with Crippen molar-refractivity contribution in [1.29, 1.82) is 0 Å². The van der Waals surface area contributed by atoms with E-state index in [1.165, 1.54) is 6.07 Å². The summed E-state index contributed by atoms with van der Waals surface area (Å²) >= 11 is 5.93. The second-order valence-corrected chi connectivity index (χ2v) is 10.4. The third-order valence-electron chi connectivity index (χ3n) is 5.85. The maximum atomic E-state index is 14.6. The molecule has 0 radical (unpaired) electrons. The van der Waals surface area contributed by atoms with Crippen molar-refractivity contribution in [3.8, 4) is 0 Å². The number of benzene rings is 1. The highest BCUT2D eigenvalue weighted by molar-refractivity contribution is 7.84. The Balaban J connectivity index is 1.57. The highest BCUT2D eigenvalue weighted by Crippen LogP contribution is 2.33. The van der Waals surface area contributed by atoms with E-state index in [1.807, 2.05) is 0 Å². The van der Waals surface area contributed by atoms with Crippen LogP contribution in [0.25, 0.3) is 0 Å². The number of nitrogens with zero attached hydrogens (tertiary/aromatic N) is 4. The van der Waals surface area contributed by atoms with E-state index in [0.29, 0.717) is 21.3 Å². The average molecular weight is 577 g/mol. The molecule has 38 heavy (non-hydrogen) atoms. The summed E-state index contributed by atoms with van der Waals surface area (Å²) in [6.07, 6.45) is -3.99. The normalized spacial score (nSPS) is 20.0. The summed E-state index contributed by atoms with van der Waals surface area (Å²) < 4.78 is 83.1. The molecule has 4 rings (SSSR count). The number of halogens is 5. The van der Waals surface area contributed by atoms with E-state index < -0.39 is 51.8 Å². The Morgan fingerprint density at radius 2 is 2.03 bits per heavy atom. The molecule has 16 heteroatoms. The molecule has 1 aliphatic carbocycles. The Labute approximate surface area is 219 Å². The van der Waals surface area contributed by atoms with Crippen LogP contribution in [0.4, 0.5) is 23.4 Å². The van der Waals surface area contributed by atoms with Crippen molar-refractivity contribution in [3.05, 3.63) is 70.4 Å². The molecule has 1 aromatic carbocycles. The second kappa shape index (κ2) is 10.9. The molecule has 1 fully saturated rings. The number of carbonyl (C=O) groups is 1. The zero-order chi connectivity index (χ0) is 27.7. The predicted molar refractivity (Wildman–Crippen MR) is 127 cm³/mol.